The summed E-state index contributed by atoms with van der Waals surface area (Å²) >= 11 is 6.11. The lowest BCUT2D eigenvalue weighted by Crippen LogP contribution is -2.34. The first kappa shape index (κ1) is 11.6. The largest absolute Gasteiger partial charge is 0.448 e. The number of rotatable bonds is 2. The Hall–Kier alpha value is -1.51. The predicted molar refractivity (Wildman–Crippen MR) is 65.7 cm³/mol. The zero-order valence-corrected chi connectivity index (χ0v) is 10.5. The first-order valence-corrected chi connectivity index (χ1v) is 6.34. The number of hydrogen-bond donors (Lipinski definition) is 0. The van der Waals surface area contributed by atoms with Gasteiger partial charge in [-0.15, -0.1) is 0 Å². The highest BCUT2D eigenvalue weighted by atomic mass is 35.5. The number of fused-ring (bicyclic) bond motifs is 1. The first-order valence-electron chi connectivity index (χ1n) is 5.96. The maximum atomic E-state index is 10.1. The fraction of sp³-hybridized carbons (Fsp3) is 0.462. The highest BCUT2D eigenvalue weighted by Gasteiger charge is 2.44. The van der Waals surface area contributed by atoms with Crippen LogP contribution in [-0.2, 0) is 11.3 Å². The molecule has 0 bridgehead atoms. The molecule has 2 aliphatic rings. The van der Waals surface area contributed by atoms with Crippen LogP contribution in [0.1, 0.15) is 31.2 Å². The second-order valence-electron chi connectivity index (χ2n) is 4.62. The topological polar surface area (TPSA) is 47.9 Å². The van der Waals surface area contributed by atoms with Gasteiger partial charge in [-0.05, 0) is 24.5 Å². The van der Waals surface area contributed by atoms with Crippen LogP contribution in [-0.4, -0.2) is 11.9 Å². The average molecular weight is 266 g/mol. The van der Waals surface area contributed by atoms with E-state index in [0.717, 1.165) is 31.2 Å². The van der Waals surface area contributed by atoms with E-state index in [-0.39, 0.29) is 6.54 Å². The van der Waals surface area contributed by atoms with E-state index in [9.17, 15) is 4.79 Å². The average Bonchev–Trinajstić information content (AvgIpc) is 2.93. The molecular formula is C13H12ClNO3. The quantitative estimate of drug-likeness (QED) is 0.609. The molecule has 94 valence electrons. The highest BCUT2D eigenvalue weighted by Crippen LogP contribution is 2.48. The Labute approximate surface area is 110 Å². The fourth-order valence-corrected chi connectivity index (χ4v) is 2.73. The number of hydrogen-bond acceptors (Lipinski definition) is 4. The number of nitrogens with zero attached hydrogens (tertiary/aromatic N) is 1. The van der Waals surface area contributed by atoms with Crippen molar-refractivity contribution in [2.75, 3.05) is 0 Å². The van der Waals surface area contributed by atoms with Gasteiger partial charge in [0.15, 0.2) is 11.5 Å². The van der Waals surface area contributed by atoms with Crippen molar-refractivity contribution < 1.29 is 14.3 Å². The molecule has 1 aromatic rings. The monoisotopic (exact) mass is 265 g/mol. The summed E-state index contributed by atoms with van der Waals surface area (Å²) in [6, 6.07) is 3.53. The van der Waals surface area contributed by atoms with Crippen molar-refractivity contribution in [3.63, 3.8) is 0 Å². The SMILES string of the molecule is O=C=NCc1cc2c(cc1Cl)OC1(CCCC1)O2. The van der Waals surface area contributed by atoms with Crippen LogP contribution in [0.2, 0.25) is 5.02 Å². The van der Waals surface area contributed by atoms with Crippen molar-refractivity contribution in [1.82, 2.24) is 0 Å². The van der Waals surface area contributed by atoms with Crippen LogP contribution in [0.15, 0.2) is 17.1 Å². The summed E-state index contributed by atoms with van der Waals surface area (Å²) in [5, 5.41) is 0.534. The molecule has 0 unspecified atom stereocenters. The summed E-state index contributed by atoms with van der Waals surface area (Å²) < 4.78 is 11.8. The third kappa shape index (κ3) is 1.88. The van der Waals surface area contributed by atoms with Gasteiger partial charge in [-0.2, -0.15) is 0 Å². The molecule has 0 saturated heterocycles. The van der Waals surface area contributed by atoms with Crippen LogP contribution in [0.4, 0.5) is 0 Å². The Balaban J connectivity index is 1.91. The van der Waals surface area contributed by atoms with Crippen molar-refractivity contribution in [2.24, 2.45) is 4.99 Å². The summed E-state index contributed by atoms with van der Waals surface area (Å²) in [4.78, 5) is 13.7. The minimum Gasteiger partial charge on any atom is -0.448 e. The molecule has 1 aliphatic heterocycles. The zero-order valence-electron chi connectivity index (χ0n) is 9.74. The lowest BCUT2D eigenvalue weighted by atomic mass is 10.2. The number of isocyanates is 1. The predicted octanol–water partition coefficient (Wildman–Crippen LogP) is 3.22. The van der Waals surface area contributed by atoms with E-state index in [4.69, 9.17) is 21.1 Å². The summed E-state index contributed by atoms with van der Waals surface area (Å²) in [7, 11) is 0. The first-order chi connectivity index (χ1) is 8.72. The molecule has 18 heavy (non-hydrogen) atoms. The van der Waals surface area contributed by atoms with Gasteiger partial charge in [-0.3, -0.25) is 0 Å². The Morgan fingerprint density at radius 1 is 1.28 bits per heavy atom. The van der Waals surface area contributed by atoms with E-state index in [0.29, 0.717) is 16.5 Å². The van der Waals surface area contributed by atoms with Gasteiger partial charge in [-0.1, -0.05) is 11.6 Å². The minimum absolute atomic E-state index is 0.214. The zero-order chi connectivity index (χ0) is 12.6. The molecule has 1 aliphatic carbocycles. The Bertz CT molecular complexity index is 531. The van der Waals surface area contributed by atoms with Crippen LogP contribution in [0, 0.1) is 0 Å². The molecule has 1 fully saturated rings. The Morgan fingerprint density at radius 2 is 1.94 bits per heavy atom. The summed E-state index contributed by atoms with van der Waals surface area (Å²) in [5.74, 6) is 0.885. The molecule has 4 nitrogen and oxygen atoms in total. The summed E-state index contributed by atoms with van der Waals surface area (Å²) in [6.07, 6.45) is 5.54. The number of benzene rings is 1. The molecule has 0 radical (unpaired) electrons. The number of aliphatic imine (C=N–C) groups is 1. The lowest BCUT2D eigenvalue weighted by Gasteiger charge is -2.21. The third-order valence-corrected chi connectivity index (χ3v) is 3.74. The van der Waals surface area contributed by atoms with Gasteiger partial charge in [0.25, 0.3) is 5.79 Å². The van der Waals surface area contributed by atoms with E-state index in [1.165, 1.54) is 6.08 Å². The molecular weight excluding hydrogens is 254 g/mol. The molecule has 1 heterocycles. The Kier molecular flexibility index (Phi) is 2.77. The molecule has 5 heteroatoms. The summed E-state index contributed by atoms with van der Waals surface area (Å²) in [5.41, 5.74) is 0.748. The normalized spacial score (nSPS) is 18.9. The molecule has 1 spiro atoms. The third-order valence-electron chi connectivity index (χ3n) is 3.38. The lowest BCUT2D eigenvalue weighted by molar-refractivity contribution is -0.0716. The molecule has 0 atom stereocenters. The molecule has 1 saturated carbocycles. The van der Waals surface area contributed by atoms with E-state index < -0.39 is 5.79 Å². The molecule has 0 aromatic heterocycles. The van der Waals surface area contributed by atoms with Crippen LogP contribution in [0.3, 0.4) is 0 Å². The van der Waals surface area contributed by atoms with Crippen molar-refractivity contribution in [3.8, 4) is 11.5 Å². The van der Waals surface area contributed by atoms with Crippen LogP contribution in [0.5, 0.6) is 11.5 Å². The van der Waals surface area contributed by atoms with Gasteiger partial charge < -0.3 is 9.47 Å². The number of carbonyl (C=O) groups excluding carboxylic acids is 1. The van der Waals surface area contributed by atoms with Gasteiger partial charge in [0.05, 0.1) is 6.54 Å². The number of halogens is 1. The number of ether oxygens (including phenoxy) is 2. The second kappa shape index (κ2) is 4.30. The smallest absolute Gasteiger partial charge is 0.251 e. The Morgan fingerprint density at radius 3 is 2.61 bits per heavy atom. The molecule has 3 rings (SSSR count). The second-order valence-corrected chi connectivity index (χ2v) is 5.03. The maximum Gasteiger partial charge on any atom is 0.251 e. The van der Waals surface area contributed by atoms with Crippen molar-refractivity contribution >= 4 is 17.7 Å². The van der Waals surface area contributed by atoms with Crippen LogP contribution >= 0.6 is 11.6 Å². The minimum atomic E-state index is -0.488. The van der Waals surface area contributed by atoms with Crippen LogP contribution in [0.25, 0.3) is 0 Å². The summed E-state index contributed by atoms with van der Waals surface area (Å²) in [6.45, 7) is 0.214. The van der Waals surface area contributed by atoms with Gasteiger partial charge in [-0.25, -0.2) is 9.79 Å². The standard InChI is InChI=1S/C13H12ClNO3/c14-10-6-12-11(5-9(10)7-15-8-16)17-13(18-12)3-1-2-4-13/h5-6H,1-4,7H2. The van der Waals surface area contributed by atoms with E-state index >= 15 is 0 Å². The molecule has 0 N–H and O–H groups in total. The van der Waals surface area contributed by atoms with Crippen molar-refractivity contribution in [1.29, 1.82) is 0 Å². The van der Waals surface area contributed by atoms with Crippen LogP contribution < -0.4 is 9.47 Å². The highest BCUT2D eigenvalue weighted by molar-refractivity contribution is 6.31. The fourth-order valence-electron chi connectivity index (χ4n) is 2.51. The van der Waals surface area contributed by atoms with Gasteiger partial charge in [0.2, 0.25) is 6.08 Å². The van der Waals surface area contributed by atoms with Crippen molar-refractivity contribution in [3.05, 3.63) is 22.7 Å². The molecule has 1 aromatic carbocycles. The maximum absolute atomic E-state index is 10.1. The molecule has 0 amide bonds. The van der Waals surface area contributed by atoms with E-state index in [1.54, 1.807) is 12.1 Å². The van der Waals surface area contributed by atoms with Gasteiger partial charge >= 0.3 is 0 Å². The van der Waals surface area contributed by atoms with Gasteiger partial charge in [0.1, 0.15) is 0 Å². The van der Waals surface area contributed by atoms with E-state index in [1.807, 2.05) is 0 Å². The van der Waals surface area contributed by atoms with E-state index in [2.05, 4.69) is 4.99 Å². The van der Waals surface area contributed by atoms with Crippen molar-refractivity contribution in [2.45, 2.75) is 38.0 Å². The van der Waals surface area contributed by atoms with Gasteiger partial charge in [0, 0.05) is 23.9 Å².